The van der Waals surface area contributed by atoms with Gasteiger partial charge in [0, 0.05) is 6.54 Å². The zero-order chi connectivity index (χ0) is 11.5. The molecule has 0 aliphatic heterocycles. The fourth-order valence-corrected chi connectivity index (χ4v) is 2.28. The van der Waals surface area contributed by atoms with Crippen molar-refractivity contribution < 1.29 is 9.90 Å². The highest BCUT2D eigenvalue weighted by atomic mass is 16.4. The summed E-state index contributed by atoms with van der Waals surface area (Å²) in [5, 5.41) is 9.14. The molecule has 1 saturated carbocycles. The minimum Gasteiger partial charge on any atom is -0.481 e. The Balaban J connectivity index is 2.34. The summed E-state index contributed by atoms with van der Waals surface area (Å²) in [6.07, 6.45) is 3.60. The van der Waals surface area contributed by atoms with Crippen molar-refractivity contribution in [2.24, 2.45) is 5.73 Å². The van der Waals surface area contributed by atoms with Crippen molar-refractivity contribution in [2.75, 3.05) is 6.54 Å². The summed E-state index contributed by atoms with van der Waals surface area (Å²) in [6.45, 7) is 0.166. The van der Waals surface area contributed by atoms with Crippen molar-refractivity contribution in [1.29, 1.82) is 0 Å². The summed E-state index contributed by atoms with van der Waals surface area (Å²) >= 11 is 0. The van der Waals surface area contributed by atoms with Gasteiger partial charge in [-0.15, -0.1) is 0 Å². The van der Waals surface area contributed by atoms with Crippen molar-refractivity contribution in [3.05, 3.63) is 35.4 Å². The molecule has 3 heteroatoms. The maximum atomic E-state index is 11.1. The molecule has 1 aromatic carbocycles. The second kappa shape index (κ2) is 4.66. The molecule has 1 fully saturated rings. The summed E-state index contributed by atoms with van der Waals surface area (Å²) in [5.41, 5.74) is 7.64. The normalized spacial score (nSPS) is 17.8. The molecule has 3 N–H and O–H groups in total. The predicted molar refractivity (Wildman–Crippen MR) is 62.5 cm³/mol. The van der Waals surface area contributed by atoms with Crippen LogP contribution in [0.25, 0.3) is 0 Å². The number of benzene rings is 1. The lowest BCUT2D eigenvalue weighted by Gasteiger charge is -2.29. The summed E-state index contributed by atoms with van der Waals surface area (Å²) < 4.78 is 0. The monoisotopic (exact) mass is 219 g/mol. The van der Waals surface area contributed by atoms with Crippen LogP contribution < -0.4 is 5.73 Å². The van der Waals surface area contributed by atoms with Crippen LogP contribution in [0.15, 0.2) is 24.3 Å². The standard InChI is InChI=1S/C13H17NO2/c14-8-12(13(15)16)11-7-2-1-6-10(11)9-4-3-5-9/h1-2,6-7,9,12H,3-5,8,14H2,(H,15,16). The number of carboxylic acids is 1. The van der Waals surface area contributed by atoms with Crippen molar-refractivity contribution in [2.45, 2.75) is 31.1 Å². The molecular weight excluding hydrogens is 202 g/mol. The Kier molecular flexibility index (Phi) is 3.25. The van der Waals surface area contributed by atoms with Crippen LogP contribution in [-0.4, -0.2) is 17.6 Å². The maximum Gasteiger partial charge on any atom is 0.312 e. The minimum atomic E-state index is -0.825. The lowest BCUT2D eigenvalue weighted by molar-refractivity contribution is -0.138. The number of aliphatic carboxylic acids is 1. The average Bonchev–Trinajstić information content (AvgIpc) is 2.18. The number of rotatable bonds is 4. The van der Waals surface area contributed by atoms with Crippen LogP contribution in [0, 0.1) is 0 Å². The Morgan fingerprint density at radius 1 is 1.44 bits per heavy atom. The van der Waals surface area contributed by atoms with Gasteiger partial charge in [0.25, 0.3) is 0 Å². The molecule has 0 spiro atoms. The van der Waals surface area contributed by atoms with E-state index in [1.165, 1.54) is 24.8 Å². The molecule has 0 aromatic heterocycles. The number of carbonyl (C=O) groups is 1. The van der Waals surface area contributed by atoms with Gasteiger partial charge in [0.15, 0.2) is 0 Å². The van der Waals surface area contributed by atoms with Crippen LogP contribution in [-0.2, 0) is 4.79 Å². The van der Waals surface area contributed by atoms with Crippen LogP contribution in [0.2, 0.25) is 0 Å². The molecule has 1 aromatic rings. The van der Waals surface area contributed by atoms with E-state index in [-0.39, 0.29) is 6.54 Å². The minimum absolute atomic E-state index is 0.166. The topological polar surface area (TPSA) is 63.3 Å². The zero-order valence-corrected chi connectivity index (χ0v) is 9.23. The SMILES string of the molecule is NCC(C(=O)O)c1ccccc1C1CCC1. The lowest BCUT2D eigenvalue weighted by Crippen LogP contribution is -2.24. The molecule has 1 unspecified atom stereocenters. The summed E-state index contributed by atoms with van der Waals surface area (Å²) in [7, 11) is 0. The van der Waals surface area contributed by atoms with Crippen molar-refractivity contribution in [3.63, 3.8) is 0 Å². The van der Waals surface area contributed by atoms with E-state index in [0.717, 1.165) is 5.56 Å². The molecule has 3 nitrogen and oxygen atoms in total. The molecule has 1 aliphatic rings. The predicted octanol–water partition coefficient (Wildman–Crippen LogP) is 2.08. The number of nitrogens with two attached hydrogens (primary N) is 1. The largest absolute Gasteiger partial charge is 0.481 e. The second-order valence-corrected chi connectivity index (χ2v) is 4.38. The Bertz CT molecular complexity index is 385. The zero-order valence-electron chi connectivity index (χ0n) is 9.23. The third-order valence-corrected chi connectivity index (χ3v) is 3.45. The molecular formula is C13H17NO2. The lowest BCUT2D eigenvalue weighted by atomic mass is 9.76. The number of hydrogen-bond acceptors (Lipinski definition) is 2. The van der Waals surface area contributed by atoms with Crippen LogP contribution >= 0.6 is 0 Å². The first kappa shape index (κ1) is 11.1. The molecule has 0 amide bonds. The molecule has 1 aliphatic carbocycles. The Labute approximate surface area is 95.3 Å². The fraction of sp³-hybridized carbons (Fsp3) is 0.462. The Hall–Kier alpha value is -1.35. The van der Waals surface area contributed by atoms with Crippen LogP contribution in [0.1, 0.15) is 42.2 Å². The second-order valence-electron chi connectivity index (χ2n) is 4.38. The van der Waals surface area contributed by atoms with Crippen LogP contribution in [0.3, 0.4) is 0 Å². The van der Waals surface area contributed by atoms with E-state index >= 15 is 0 Å². The highest BCUT2D eigenvalue weighted by Crippen LogP contribution is 2.39. The van der Waals surface area contributed by atoms with E-state index in [1.807, 2.05) is 24.3 Å². The van der Waals surface area contributed by atoms with Gasteiger partial charge in [-0.05, 0) is 29.9 Å². The van der Waals surface area contributed by atoms with Gasteiger partial charge < -0.3 is 10.8 Å². The quantitative estimate of drug-likeness (QED) is 0.815. The van der Waals surface area contributed by atoms with E-state index in [4.69, 9.17) is 10.8 Å². The van der Waals surface area contributed by atoms with Gasteiger partial charge in [-0.2, -0.15) is 0 Å². The molecule has 0 saturated heterocycles. The van der Waals surface area contributed by atoms with Gasteiger partial charge in [-0.25, -0.2) is 0 Å². The van der Waals surface area contributed by atoms with Gasteiger partial charge >= 0.3 is 5.97 Å². The average molecular weight is 219 g/mol. The summed E-state index contributed by atoms with van der Waals surface area (Å²) in [6, 6.07) is 7.82. The van der Waals surface area contributed by atoms with E-state index in [9.17, 15) is 4.79 Å². The molecule has 86 valence electrons. The van der Waals surface area contributed by atoms with Gasteiger partial charge in [0.1, 0.15) is 0 Å². The van der Waals surface area contributed by atoms with Crippen LogP contribution in [0.5, 0.6) is 0 Å². The molecule has 0 bridgehead atoms. The smallest absolute Gasteiger partial charge is 0.312 e. The van der Waals surface area contributed by atoms with Crippen LogP contribution in [0.4, 0.5) is 0 Å². The van der Waals surface area contributed by atoms with Crippen molar-refractivity contribution in [3.8, 4) is 0 Å². The summed E-state index contributed by atoms with van der Waals surface area (Å²) in [4.78, 5) is 11.1. The Morgan fingerprint density at radius 3 is 2.62 bits per heavy atom. The van der Waals surface area contributed by atoms with E-state index < -0.39 is 11.9 Å². The molecule has 16 heavy (non-hydrogen) atoms. The molecule has 2 rings (SSSR count). The molecule has 0 heterocycles. The van der Waals surface area contributed by atoms with E-state index in [2.05, 4.69) is 0 Å². The summed E-state index contributed by atoms with van der Waals surface area (Å²) in [5.74, 6) is -0.837. The third-order valence-electron chi connectivity index (χ3n) is 3.45. The first-order valence-corrected chi connectivity index (χ1v) is 5.75. The van der Waals surface area contributed by atoms with E-state index in [0.29, 0.717) is 5.92 Å². The number of carboxylic acid groups (broad SMARTS) is 1. The molecule has 0 radical (unpaired) electrons. The maximum absolute atomic E-state index is 11.1. The number of hydrogen-bond donors (Lipinski definition) is 2. The van der Waals surface area contributed by atoms with Crippen molar-refractivity contribution in [1.82, 2.24) is 0 Å². The first-order valence-electron chi connectivity index (χ1n) is 5.75. The van der Waals surface area contributed by atoms with E-state index in [1.54, 1.807) is 0 Å². The highest BCUT2D eigenvalue weighted by molar-refractivity contribution is 5.77. The van der Waals surface area contributed by atoms with Gasteiger partial charge in [-0.1, -0.05) is 30.7 Å². The van der Waals surface area contributed by atoms with Crippen molar-refractivity contribution >= 4 is 5.97 Å². The van der Waals surface area contributed by atoms with Gasteiger partial charge in [-0.3, -0.25) is 4.79 Å². The van der Waals surface area contributed by atoms with Gasteiger partial charge in [0.05, 0.1) is 5.92 Å². The van der Waals surface area contributed by atoms with Gasteiger partial charge in [0.2, 0.25) is 0 Å². The Morgan fingerprint density at radius 2 is 2.12 bits per heavy atom. The molecule has 1 atom stereocenters. The fourth-order valence-electron chi connectivity index (χ4n) is 2.28. The third kappa shape index (κ3) is 1.95. The highest BCUT2D eigenvalue weighted by Gasteiger charge is 2.27. The first-order chi connectivity index (χ1) is 7.74.